The zero-order chi connectivity index (χ0) is 10.6. The summed E-state index contributed by atoms with van der Waals surface area (Å²) in [4.78, 5) is 0. The molecule has 0 saturated heterocycles. The van der Waals surface area contributed by atoms with Crippen LogP contribution in [0.25, 0.3) is 0 Å². The standard InChI is InChI=1S/C8H12N6/c9-7(13-11)5-2-1-3-6(4-5)8(10)14-12/h1-4H,11-12H2,(H2,9,13)(H2,10,14). The van der Waals surface area contributed by atoms with Crippen molar-refractivity contribution < 1.29 is 0 Å². The van der Waals surface area contributed by atoms with Crippen molar-refractivity contribution in [3.8, 4) is 0 Å². The minimum atomic E-state index is 0.233. The molecule has 0 bridgehead atoms. The second-order valence-electron chi connectivity index (χ2n) is 2.61. The van der Waals surface area contributed by atoms with E-state index in [1.807, 2.05) is 0 Å². The molecule has 0 heterocycles. The first-order valence-corrected chi connectivity index (χ1v) is 3.86. The third kappa shape index (κ3) is 1.92. The highest BCUT2D eigenvalue weighted by Crippen LogP contribution is 2.04. The van der Waals surface area contributed by atoms with Gasteiger partial charge in [0.2, 0.25) is 0 Å². The number of amidine groups is 2. The molecule has 0 aliphatic rings. The molecule has 0 unspecified atom stereocenters. The van der Waals surface area contributed by atoms with Crippen LogP contribution in [-0.4, -0.2) is 11.7 Å². The quantitative estimate of drug-likeness (QED) is 0.204. The van der Waals surface area contributed by atoms with E-state index < -0.39 is 0 Å². The molecule has 8 N–H and O–H groups in total. The van der Waals surface area contributed by atoms with Crippen LogP contribution in [0.4, 0.5) is 0 Å². The zero-order valence-electron chi connectivity index (χ0n) is 7.51. The first-order chi connectivity index (χ1) is 6.69. The summed E-state index contributed by atoms with van der Waals surface area (Å²) in [7, 11) is 0. The SMILES string of the molecule is N/N=C(\N)c1cccc(/C(N)=N/N)c1. The van der Waals surface area contributed by atoms with Crippen molar-refractivity contribution in [3.63, 3.8) is 0 Å². The molecule has 14 heavy (non-hydrogen) atoms. The van der Waals surface area contributed by atoms with Crippen LogP contribution in [0.5, 0.6) is 0 Å². The summed E-state index contributed by atoms with van der Waals surface area (Å²) in [6.45, 7) is 0. The summed E-state index contributed by atoms with van der Waals surface area (Å²) in [5.41, 5.74) is 12.4. The summed E-state index contributed by atoms with van der Waals surface area (Å²) < 4.78 is 0. The number of hydrazone groups is 2. The number of benzene rings is 1. The maximum absolute atomic E-state index is 5.52. The van der Waals surface area contributed by atoms with E-state index in [0.29, 0.717) is 11.1 Å². The fourth-order valence-corrected chi connectivity index (χ4v) is 0.987. The fraction of sp³-hybridized carbons (Fsp3) is 0. The molecule has 0 aliphatic heterocycles. The van der Waals surface area contributed by atoms with E-state index >= 15 is 0 Å². The van der Waals surface area contributed by atoms with Crippen molar-refractivity contribution in [2.75, 3.05) is 0 Å². The maximum Gasteiger partial charge on any atom is 0.150 e. The lowest BCUT2D eigenvalue weighted by Crippen LogP contribution is -2.19. The van der Waals surface area contributed by atoms with Gasteiger partial charge in [-0.2, -0.15) is 10.2 Å². The average molecular weight is 192 g/mol. The van der Waals surface area contributed by atoms with E-state index in [0.717, 1.165) is 0 Å². The van der Waals surface area contributed by atoms with Crippen molar-refractivity contribution in [1.29, 1.82) is 0 Å². The Morgan fingerprint density at radius 2 is 1.36 bits per heavy atom. The number of nitrogens with zero attached hydrogens (tertiary/aromatic N) is 2. The molecule has 1 aromatic carbocycles. The monoisotopic (exact) mass is 192 g/mol. The minimum absolute atomic E-state index is 0.233. The Morgan fingerprint density at radius 3 is 1.71 bits per heavy atom. The Hall–Kier alpha value is -2.24. The number of hydrogen-bond acceptors (Lipinski definition) is 4. The number of nitrogens with two attached hydrogens (primary N) is 4. The van der Waals surface area contributed by atoms with E-state index in [9.17, 15) is 0 Å². The van der Waals surface area contributed by atoms with Crippen LogP contribution < -0.4 is 23.2 Å². The Morgan fingerprint density at radius 1 is 0.929 bits per heavy atom. The van der Waals surface area contributed by atoms with Crippen LogP contribution in [0.2, 0.25) is 0 Å². The second-order valence-corrected chi connectivity index (χ2v) is 2.61. The van der Waals surface area contributed by atoms with Gasteiger partial charge in [0.25, 0.3) is 0 Å². The minimum Gasteiger partial charge on any atom is -0.382 e. The van der Waals surface area contributed by atoms with Gasteiger partial charge in [0.1, 0.15) is 11.7 Å². The molecule has 0 spiro atoms. The number of rotatable bonds is 2. The molecule has 74 valence electrons. The Kier molecular flexibility index (Phi) is 2.90. The fourth-order valence-electron chi connectivity index (χ4n) is 0.987. The molecule has 1 aromatic rings. The van der Waals surface area contributed by atoms with Crippen LogP contribution in [-0.2, 0) is 0 Å². The third-order valence-corrected chi connectivity index (χ3v) is 1.73. The Balaban J connectivity index is 3.14. The van der Waals surface area contributed by atoms with Gasteiger partial charge in [-0.1, -0.05) is 18.2 Å². The summed E-state index contributed by atoms with van der Waals surface area (Å²) in [6, 6.07) is 7.00. The molecular weight excluding hydrogens is 180 g/mol. The van der Waals surface area contributed by atoms with Crippen LogP contribution in [0.1, 0.15) is 11.1 Å². The molecule has 0 aromatic heterocycles. The third-order valence-electron chi connectivity index (χ3n) is 1.73. The molecule has 0 saturated carbocycles. The predicted molar refractivity (Wildman–Crippen MR) is 56.3 cm³/mol. The van der Waals surface area contributed by atoms with Crippen molar-refractivity contribution >= 4 is 11.7 Å². The van der Waals surface area contributed by atoms with Gasteiger partial charge >= 0.3 is 0 Å². The van der Waals surface area contributed by atoms with Gasteiger partial charge in [0.15, 0.2) is 0 Å². The molecule has 1 rings (SSSR count). The molecule has 0 atom stereocenters. The topological polar surface area (TPSA) is 129 Å². The highest BCUT2D eigenvalue weighted by molar-refractivity contribution is 6.02. The van der Waals surface area contributed by atoms with Crippen molar-refractivity contribution in [2.45, 2.75) is 0 Å². The summed E-state index contributed by atoms with van der Waals surface area (Å²) in [5.74, 6) is 10.5. The lowest BCUT2D eigenvalue weighted by Gasteiger charge is -2.02. The van der Waals surface area contributed by atoms with Gasteiger partial charge in [-0.05, 0) is 6.07 Å². The highest BCUT2D eigenvalue weighted by Gasteiger charge is 2.02. The molecule has 0 amide bonds. The highest BCUT2D eigenvalue weighted by atomic mass is 15.2. The summed E-state index contributed by atoms with van der Waals surface area (Å²) in [5, 5.41) is 6.73. The normalized spacial score (nSPS) is 12.9. The van der Waals surface area contributed by atoms with E-state index in [1.165, 1.54) is 0 Å². The van der Waals surface area contributed by atoms with Gasteiger partial charge < -0.3 is 23.2 Å². The van der Waals surface area contributed by atoms with Crippen molar-refractivity contribution in [2.24, 2.45) is 33.4 Å². The van der Waals surface area contributed by atoms with Crippen LogP contribution >= 0.6 is 0 Å². The molecule has 6 heteroatoms. The van der Waals surface area contributed by atoms with E-state index in [2.05, 4.69) is 10.2 Å². The first kappa shape index (κ1) is 9.85. The van der Waals surface area contributed by atoms with Gasteiger partial charge in [0, 0.05) is 11.1 Å². The molecule has 6 nitrogen and oxygen atoms in total. The van der Waals surface area contributed by atoms with E-state index in [-0.39, 0.29) is 11.7 Å². The molecular formula is C8H12N6. The van der Waals surface area contributed by atoms with Gasteiger partial charge in [-0.25, -0.2) is 0 Å². The molecule has 0 fully saturated rings. The van der Waals surface area contributed by atoms with Crippen molar-refractivity contribution in [1.82, 2.24) is 0 Å². The molecule has 0 radical (unpaired) electrons. The smallest absolute Gasteiger partial charge is 0.150 e. The number of hydrogen-bond donors (Lipinski definition) is 4. The lowest BCUT2D eigenvalue weighted by atomic mass is 10.1. The molecule has 0 aliphatic carbocycles. The van der Waals surface area contributed by atoms with Gasteiger partial charge in [-0.15, -0.1) is 0 Å². The second kappa shape index (κ2) is 4.13. The van der Waals surface area contributed by atoms with Gasteiger partial charge in [0.05, 0.1) is 0 Å². The Bertz CT molecular complexity index is 348. The first-order valence-electron chi connectivity index (χ1n) is 3.86. The largest absolute Gasteiger partial charge is 0.382 e. The van der Waals surface area contributed by atoms with Crippen LogP contribution in [0.15, 0.2) is 34.5 Å². The lowest BCUT2D eigenvalue weighted by molar-refractivity contribution is 1.22. The van der Waals surface area contributed by atoms with Gasteiger partial charge in [-0.3, -0.25) is 0 Å². The zero-order valence-corrected chi connectivity index (χ0v) is 7.51. The summed E-state index contributed by atoms with van der Waals surface area (Å²) >= 11 is 0. The van der Waals surface area contributed by atoms with E-state index in [4.69, 9.17) is 23.2 Å². The maximum atomic E-state index is 5.52. The Labute approximate surface area is 81.3 Å². The predicted octanol–water partition coefficient (Wildman–Crippen LogP) is -1.16. The van der Waals surface area contributed by atoms with E-state index in [1.54, 1.807) is 24.3 Å². The summed E-state index contributed by atoms with van der Waals surface area (Å²) in [6.07, 6.45) is 0. The van der Waals surface area contributed by atoms with Crippen molar-refractivity contribution in [3.05, 3.63) is 35.4 Å². The van der Waals surface area contributed by atoms with Crippen LogP contribution in [0, 0.1) is 0 Å². The van der Waals surface area contributed by atoms with Crippen LogP contribution in [0.3, 0.4) is 0 Å². The average Bonchev–Trinajstić information content (AvgIpc) is 2.27.